The van der Waals surface area contributed by atoms with E-state index in [2.05, 4.69) is 29.8 Å². The molecule has 1 fully saturated rings. The Morgan fingerprint density at radius 2 is 1.94 bits per heavy atom. The van der Waals surface area contributed by atoms with E-state index >= 15 is 0 Å². The van der Waals surface area contributed by atoms with Crippen LogP contribution in [0.3, 0.4) is 0 Å². The van der Waals surface area contributed by atoms with Crippen molar-refractivity contribution in [3.8, 4) is 11.1 Å². The molecule has 1 unspecified atom stereocenters. The number of amides is 2. The molecule has 0 saturated carbocycles. The van der Waals surface area contributed by atoms with Crippen LogP contribution in [0.2, 0.25) is 0 Å². The van der Waals surface area contributed by atoms with Crippen molar-refractivity contribution in [3.05, 3.63) is 70.8 Å². The third-order valence-corrected chi connectivity index (χ3v) is 7.27. The minimum absolute atomic E-state index is 0.180. The highest BCUT2D eigenvalue weighted by molar-refractivity contribution is 7.28. The number of rotatable bonds is 7. The highest BCUT2D eigenvalue weighted by Crippen LogP contribution is 2.41. The monoisotopic (exact) mass is 504 g/mol. The van der Waals surface area contributed by atoms with E-state index in [0.29, 0.717) is 51.1 Å². The molecule has 0 bridgehead atoms. The molecule has 1 aromatic heterocycles. The molecule has 186 valence electrons. The Hall–Kier alpha value is -3.28. The summed E-state index contributed by atoms with van der Waals surface area (Å²) in [5, 5.41) is 6.60. The normalized spacial score (nSPS) is 16.4. The summed E-state index contributed by atoms with van der Waals surface area (Å²) >= 11 is 0. The quantitative estimate of drug-likeness (QED) is 0.255. The standard InChI is InChI=1S/C28H30FN4O2P/c1-17-15-19(27(34)30-11-6-14-33-12-2-3-13-33)23(31-17)16-20-25-18(7-4-9-22(25)32-28(20)35)26-21(29)8-5-10-24(26)36/h4-5,7-10,15-16,31H,2-3,6,11-14,36H2,1H3,(H,30,34)(H,32,35)/b20-16-. The van der Waals surface area contributed by atoms with Crippen LogP contribution in [0.4, 0.5) is 10.1 Å². The Morgan fingerprint density at radius 3 is 2.72 bits per heavy atom. The summed E-state index contributed by atoms with van der Waals surface area (Å²) < 4.78 is 14.9. The van der Waals surface area contributed by atoms with Crippen molar-refractivity contribution in [1.82, 2.24) is 15.2 Å². The summed E-state index contributed by atoms with van der Waals surface area (Å²) in [4.78, 5) is 31.7. The lowest BCUT2D eigenvalue weighted by molar-refractivity contribution is -0.110. The number of hydrogen-bond acceptors (Lipinski definition) is 3. The summed E-state index contributed by atoms with van der Waals surface area (Å²) in [7, 11) is 2.56. The van der Waals surface area contributed by atoms with E-state index in [-0.39, 0.29) is 17.6 Å². The lowest BCUT2D eigenvalue weighted by Crippen LogP contribution is -2.28. The number of aryl methyl sites for hydroxylation is 1. The van der Waals surface area contributed by atoms with Gasteiger partial charge in [0.2, 0.25) is 0 Å². The second-order valence-corrected chi connectivity index (χ2v) is 10.0. The first-order valence-corrected chi connectivity index (χ1v) is 12.9. The van der Waals surface area contributed by atoms with Crippen molar-refractivity contribution < 1.29 is 14.0 Å². The summed E-state index contributed by atoms with van der Waals surface area (Å²) in [5.41, 5.74) is 4.54. The molecule has 36 heavy (non-hydrogen) atoms. The van der Waals surface area contributed by atoms with Gasteiger partial charge in [0, 0.05) is 29.1 Å². The average molecular weight is 505 g/mol. The fourth-order valence-electron chi connectivity index (χ4n) is 5.08. The maximum Gasteiger partial charge on any atom is 0.256 e. The van der Waals surface area contributed by atoms with Gasteiger partial charge in [0.15, 0.2) is 0 Å². The molecule has 2 amide bonds. The fourth-order valence-corrected chi connectivity index (χ4v) is 5.49. The second-order valence-electron chi connectivity index (χ2n) is 9.38. The fraction of sp³-hybridized carbons (Fsp3) is 0.286. The second kappa shape index (κ2) is 10.4. The number of H-pyrrole nitrogens is 1. The number of aromatic nitrogens is 1. The maximum absolute atomic E-state index is 14.9. The van der Waals surface area contributed by atoms with E-state index in [9.17, 15) is 14.0 Å². The third kappa shape index (κ3) is 4.86. The zero-order chi connectivity index (χ0) is 25.2. The van der Waals surface area contributed by atoms with Crippen LogP contribution < -0.4 is 15.9 Å². The third-order valence-electron chi connectivity index (χ3n) is 6.79. The number of fused-ring (bicyclic) bond motifs is 1. The predicted octanol–water partition coefficient (Wildman–Crippen LogP) is 4.34. The molecule has 2 aliphatic rings. The van der Waals surface area contributed by atoms with Crippen LogP contribution in [-0.4, -0.2) is 47.9 Å². The van der Waals surface area contributed by atoms with Crippen molar-refractivity contribution in [2.24, 2.45) is 0 Å². The van der Waals surface area contributed by atoms with Gasteiger partial charge in [-0.2, -0.15) is 0 Å². The van der Waals surface area contributed by atoms with E-state index in [1.54, 1.807) is 30.3 Å². The van der Waals surface area contributed by atoms with E-state index in [4.69, 9.17) is 0 Å². The van der Waals surface area contributed by atoms with Crippen molar-refractivity contribution >= 4 is 43.7 Å². The lowest BCUT2D eigenvalue weighted by atomic mass is 9.93. The Bertz CT molecular complexity index is 1340. The van der Waals surface area contributed by atoms with Crippen LogP contribution in [0.25, 0.3) is 22.8 Å². The van der Waals surface area contributed by atoms with Gasteiger partial charge in [-0.1, -0.05) is 24.3 Å². The summed E-state index contributed by atoms with van der Waals surface area (Å²) in [6.07, 6.45) is 5.09. The Kier molecular flexibility index (Phi) is 7.04. The number of halogens is 1. The molecule has 8 heteroatoms. The average Bonchev–Trinajstić information content (AvgIpc) is 3.57. The van der Waals surface area contributed by atoms with Crippen molar-refractivity contribution in [1.29, 1.82) is 0 Å². The van der Waals surface area contributed by atoms with Crippen LogP contribution in [0.1, 0.15) is 46.6 Å². The number of aromatic amines is 1. The molecule has 3 N–H and O–H groups in total. The molecular weight excluding hydrogens is 474 g/mol. The first kappa shape index (κ1) is 24.4. The highest BCUT2D eigenvalue weighted by Gasteiger charge is 2.29. The van der Waals surface area contributed by atoms with Crippen LogP contribution in [-0.2, 0) is 4.79 Å². The van der Waals surface area contributed by atoms with Crippen LogP contribution in [0, 0.1) is 12.7 Å². The first-order valence-electron chi connectivity index (χ1n) is 12.3. The molecule has 1 saturated heterocycles. The molecule has 2 aliphatic heterocycles. The van der Waals surface area contributed by atoms with E-state index < -0.39 is 0 Å². The van der Waals surface area contributed by atoms with Gasteiger partial charge in [-0.05, 0) is 81.0 Å². The molecule has 2 aromatic carbocycles. The van der Waals surface area contributed by atoms with Crippen molar-refractivity contribution in [2.75, 3.05) is 31.5 Å². The predicted molar refractivity (Wildman–Crippen MR) is 146 cm³/mol. The molecule has 3 aromatic rings. The van der Waals surface area contributed by atoms with E-state index in [0.717, 1.165) is 31.7 Å². The van der Waals surface area contributed by atoms with Gasteiger partial charge in [0.25, 0.3) is 11.8 Å². The van der Waals surface area contributed by atoms with Gasteiger partial charge in [0.1, 0.15) is 5.82 Å². The Labute approximate surface area is 212 Å². The highest BCUT2D eigenvalue weighted by atomic mass is 31.0. The summed E-state index contributed by atoms with van der Waals surface area (Å²) in [6.45, 7) is 5.73. The smallest absolute Gasteiger partial charge is 0.256 e. The molecule has 1 atom stereocenters. The van der Waals surface area contributed by atoms with Gasteiger partial charge in [-0.25, -0.2) is 4.39 Å². The zero-order valence-corrected chi connectivity index (χ0v) is 21.4. The molecule has 0 spiro atoms. The van der Waals surface area contributed by atoms with Crippen LogP contribution in [0.15, 0.2) is 42.5 Å². The molecule has 5 rings (SSSR count). The van der Waals surface area contributed by atoms with E-state index in [1.165, 1.54) is 18.9 Å². The zero-order valence-electron chi connectivity index (χ0n) is 20.3. The largest absolute Gasteiger partial charge is 0.358 e. The molecule has 6 nitrogen and oxygen atoms in total. The number of carbonyl (C=O) groups excluding carboxylic acids is 2. The maximum atomic E-state index is 14.9. The van der Waals surface area contributed by atoms with Crippen LogP contribution in [0.5, 0.6) is 0 Å². The number of benzene rings is 2. The first-order chi connectivity index (χ1) is 17.4. The Morgan fingerprint density at radius 1 is 1.17 bits per heavy atom. The molecular formula is C28H30FN4O2P. The van der Waals surface area contributed by atoms with Crippen molar-refractivity contribution in [3.63, 3.8) is 0 Å². The van der Waals surface area contributed by atoms with Gasteiger partial charge < -0.3 is 20.5 Å². The Balaban J connectivity index is 1.44. The summed E-state index contributed by atoms with van der Waals surface area (Å²) in [5.74, 6) is -0.830. The van der Waals surface area contributed by atoms with Gasteiger partial charge >= 0.3 is 0 Å². The molecule has 0 aliphatic carbocycles. The number of hydrogen-bond donors (Lipinski definition) is 3. The van der Waals surface area contributed by atoms with Gasteiger partial charge in [-0.3, -0.25) is 9.59 Å². The van der Waals surface area contributed by atoms with Crippen LogP contribution >= 0.6 is 9.24 Å². The number of anilines is 1. The number of nitrogens with one attached hydrogen (secondary N) is 3. The number of carbonyl (C=O) groups is 2. The number of nitrogens with zero attached hydrogens (tertiary/aromatic N) is 1. The minimum atomic E-state index is -0.362. The number of likely N-dealkylation sites (tertiary alicyclic amines) is 1. The van der Waals surface area contributed by atoms with Gasteiger partial charge in [-0.15, -0.1) is 9.24 Å². The summed E-state index contributed by atoms with van der Waals surface area (Å²) in [6, 6.07) is 12.1. The van der Waals surface area contributed by atoms with Gasteiger partial charge in [0.05, 0.1) is 16.8 Å². The molecule has 3 heterocycles. The topological polar surface area (TPSA) is 77.2 Å². The van der Waals surface area contributed by atoms with Crippen molar-refractivity contribution in [2.45, 2.75) is 26.2 Å². The minimum Gasteiger partial charge on any atom is -0.358 e. The SMILES string of the molecule is Cc1cc(C(=O)NCCCN2CCCC2)c(/C=C2\C(=O)Nc3cccc(-c4c(F)cccc4P)c32)[nH]1. The molecule has 0 radical (unpaired) electrons. The van der Waals surface area contributed by atoms with E-state index in [1.807, 2.05) is 19.1 Å². The lowest BCUT2D eigenvalue weighted by Gasteiger charge is -2.14.